The highest BCUT2D eigenvalue weighted by molar-refractivity contribution is 5.84. The van der Waals surface area contributed by atoms with Crippen LogP contribution < -0.4 is 11.2 Å². The van der Waals surface area contributed by atoms with E-state index in [2.05, 4.69) is 9.97 Å². The van der Waals surface area contributed by atoms with Crippen LogP contribution in [0, 0.1) is 0 Å². The summed E-state index contributed by atoms with van der Waals surface area (Å²) >= 11 is 0. The summed E-state index contributed by atoms with van der Waals surface area (Å²) in [5.41, 5.74) is -0.599. The van der Waals surface area contributed by atoms with Crippen LogP contribution in [0.15, 0.2) is 15.7 Å². The largest absolute Gasteiger partial charge is 0.338 e. The molecule has 3 N–H and O–H groups in total. The number of H-pyrrole nitrogens is 3. The maximum Gasteiger partial charge on any atom is 0.327 e. The summed E-state index contributed by atoms with van der Waals surface area (Å²) in [4.78, 5) is 39.2. The fourth-order valence-electron chi connectivity index (χ4n) is 1.13. The standard InChI is InChI=1S/C7H5N3O3/c11-2-3-1-4-5(8-3)9-7(13)10-6(4)12/h1-2H,(H3,8,9,10,12,13). The van der Waals surface area contributed by atoms with Crippen molar-refractivity contribution in [2.75, 3.05) is 0 Å². The van der Waals surface area contributed by atoms with Gasteiger partial charge in [-0.25, -0.2) is 4.79 Å². The van der Waals surface area contributed by atoms with Crippen LogP contribution >= 0.6 is 0 Å². The Balaban J connectivity index is 2.99. The first kappa shape index (κ1) is 7.53. The Morgan fingerprint density at radius 2 is 1.92 bits per heavy atom. The second-order valence-electron chi connectivity index (χ2n) is 2.54. The fourth-order valence-corrected chi connectivity index (χ4v) is 1.13. The average Bonchev–Trinajstić information content (AvgIpc) is 2.47. The van der Waals surface area contributed by atoms with Gasteiger partial charge in [0.1, 0.15) is 5.65 Å². The number of nitrogens with one attached hydrogen (secondary N) is 3. The van der Waals surface area contributed by atoms with Gasteiger partial charge in [0.2, 0.25) is 0 Å². The predicted octanol–water partition coefficient (Wildman–Crippen LogP) is -0.643. The first-order valence-corrected chi connectivity index (χ1v) is 3.51. The molecule has 0 aliphatic rings. The van der Waals surface area contributed by atoms with E-state index in [4.69, 9.17) is 0 Å². The van der Waals surface area contributed by atoms with Crippen LogP contribution in [-0.2, 0) is 0 Å². The lowest BCUT2D eigenvalue weighted by molar-refractivity contribution is 0.112. The fraction of sp³-hybridized carbons (Fsp3) is 0. The van der Waals surface area contributed by atoms with Crippen molar-refractivity contribution in [3.63, 3.8) is 0 Å². The second-order valence-corrected chi connectivity index (χ2v) is 2.54. The summed E-state index contributed by atoms with van der Waals surface area (Å²) in [6.07, 6.45) is 0.567. The molecule has 66 valence electrons. The van der Waals surface area contributed by atoms with Gasteiger partial charge in [-0.05, 0) is 6.07 Å². The van der Waals surface area contributed by atoms with Gasteiger partial charge >= 0.3 is 5.69 Å². The SMILES string of the molecule is O=Cc1cc2c(=O)[nH]c(=O)[nH]c2[nH]1. The van der Waals surface area contributed by atoms with Crippen molar-refractivity contribution in [3.05, 3.63) is 32.6 Å². The Kier molecular flexibility index (Phi) is 1.42. The van der Waals surface area contributed by atoms with Gasteiger partial charge in [-0.2, -0.15) is 0 Å². The van der Waals surface area contributed by atoms with Gasteiger partial charge in [-0.3, -0.25) is 19.6 Å². The predicted molar refractivity (Wildman–Crippen MR) is 44.9 cm³/mol. The lowest BCUT2D eigenvalue weighted by atomic mass is 10.4. The number of aromatic nitrogens is 3. The molecule has 2 rings (SSSR count). The number of rotatable bonds is 1. The van der Waals surface area contributed by atoms with Crippen molar-refractivity contribution < 1.29 is 4.79 Å². The van der Waals surface area contributed by atoms with Gasteiger partial charge in [-0.15, -0.1) is 0 Å². The first-order chi connectivity index (χ1) is 6.20. The van der Waals surface area contributed by atoms with Gasteiger partial charge in [0.05, 0.1) is 11.1 Å². The highest BCUT2D eigenvalue weighted by Crippen LogP contribution is 2.03. The maximum absolute atomic E-state index is 11.1. The third kappa shape index (κ3) is 1.08. The molecule has 0 fully saturated rings. The number of carbonyl (C=O) groups excluding carboxylic acids is 1. The molecular weight excluding hydrogens is 174 g/mol. The molecule has 0 aromatic carbocycles. The summed E-state index contributed by atoms with van der Waals surface area (Å²) in [7, 11) is 0. The molecule has 6 nitrogen and oxygen atoms in total. The van der Waals surface area contributed by atoms with E-state index in [-0.39, 0.29) is 16.7 Å². The van der Waals surface area contributed by atoms with E-state index in [1.54, 1.807) is 0 Å². The van der Waals surface area contributed by atoms with E-state index < -0.39 is 11.2 Å². The van der Waals surface area contributed by atoms with Gasteiger partial charge in [0.15, 0.2) is 6.29 Å². The Bertz CT molecular complexity index is 574. The molecule has 0 bridgehead atoms. The minimum atomic E-state index is -0.600. The van der Waals surface area contributed by atoms with E-state index in [9.17, 15) is 14.4 Å². The minimum Gasteiger partial charge on any atom is -0.338 e. The van der Waals surface area contributed by atoms with Crippen LogP contribution in [0.1, 0.15) is 10.5 Å². The third-order valence-electron chi connectivity index (χ3n) is 1.68. The van der Waals surface area contributed by atoms with E-state index in [1.165, 1.54) is 6.07 Å². The van der Waals surface area contributed by atoms with Crippen molar-refractivity contribution >= 4 is 17.3 Å². The molecule has 13 heavy (non-hydrogen) atoms. The normalized spacial score (nSPS) is 10.5. The van der Waals surface area contributed by atoms with Crippen LogP contribution in [-0.4, -0.2) is 21.2 Å². The van der Waals surface area contributed by atoms with Crippen molar-refractivity contribution in [2.24, 2.45) is 0 Å². The molecule has 2 aromatic heterocycles. The Hall–Kier alpha value is -2.11. The van der Waals surface area contributed by atoms with Crippen LogP contribution in [0.25, 0.3) is 11.0 Å². The lowest BCUT2D eigenvalue weighted by Gasteiger charge is -1.85. The number of hydrogen-bond donors (Lipinski definition) is 3. The molecule has 0 saturated carbocycles. The molecule has 6 heteroatoms. The molecular formula is C7H5N3O3. The summed E-state index contributed by atoms with van der Waals surface area (Å²) < 4.78 is 0. The Labute approximate surface area is 70.6 Å². The van der Waals surface area contributed by atoms with Gasteiger partial charge in [0.25, 0.3) is 5.56 Å². The molecule has 2 heterocycles. The molecule has 0 radical (unpaired) electrons. The average molecular weight is 179 g/mol. The van der Waals surface area contributed by atoms with Crippen LogP contribution in [0.2, 0.25) is 0 Å². The Morgan fingerprint density at radius 1 is 1.15 bits per heavy atom. The Morgan fingerprint density at radius 3 is 2.62 bits per heavy atom. The molecule has 2 aromatic rings. The number of carbonyl (C=O) groups is 1. The topological polar surface area (TPSA) is 98.6 Å². The number of aromatic amines is 3. The summed E-state index contributed by atoms with van der Waals surface area (Å²) in [6, 6.07) is 1.37. The summed E-state index contributed by atoms with van der Waals surface area (Å²) in [5, 5.41) is 0.265. The van der Waals surface area contributed by atoms with Gasteiger partial charge in [-0.1, -0.05) is 0 Å². The zero-order chi connectivity index (χ0) is 9.42. The monoisotopic (exact) mass is 179 g/mol. The minimum absolute atomic E-state index is 0.252. The van der Waals surface area contributed by atoms with Gasteiger partial charge < -0.3 is 4.98 Å². The van der Waals surface area contributed by atoms with Crippen molar-refractivity contribution in [1.82, 2.24) is 15.0 Å². The number of hydrogen-bond acceptors (Lipinski definition) is 3. The zero-order valence-electron chi connectivity index (χ0n) is 6.38. The van der Waals surface area contributed by atoms with E-state index in [0.29, 0.717) is 6.29 Å². The highest BCUT2D eigenvalue weighted by Gasteiger charge is 2.03. The van der Waals surface area contributed by atoms with Crippen molar-refractivity contribution in [1.29, 1.82) is 0 Å². The number of aldehydes is 1. The molecule has 0 atom stereocenters. The first-order valence-electron chi connectivity index (χ1n) is 3.51. The molecule has 0 saturated heterocycles. The molecule has 0 aliphatic carbocycles. The van der Waals surface area contributed by atoms with Crippen LogP contribution in [0.4, 0.5) is 0 Å². The van der Waals surface area contributed by atoms with Crippen LogP contribution in [0.3, 0.4) is 0 Å². The second kappa shape index (κ2) is 2.44. The quantitative estimate of drug-likeness (QED) is 0.507. The van der Waals surface area contributed by atoms with Crippen molar-refractivity contribution in [2.45, 2.75) is 0 Å². The lowest BCUT2D eigenvalue weighted by Crippen LogP contribution is -2.21. The summed E-state index contributed by atoms with van der Waals surface area (Å²) in [6.45, 7) is 0. The molecule has 0 aliphatic heterocycles. The zero-order valence-corrected chi connectivity index (χ0v) is 6.38. The summed E-state index contributed by atoms with van der Waals surface area (Å²) in [5.74, 6) is 0. The molecule has 0 amide bonds. The van der Waals surface area contributed by atoms with Gasteiger partial charge in [0, 0.05) is 0 Å². The van der Waals surface area contributed by atoms with E-state index in [0.717, 1.165) is 0 Å². The maximum atomic E-state index is 11.1. The highest BCUT2D eigenvalue weighted by atomic mass is 16.2. The van der Waals surface area contributed by atoms with Crippen molar-refractivity contribution in [3.8, 4) is 0 Å². The molecule has 0 unspecified atom stereocenters. The van der Waals surface area contributed by atoms with E-state index >= 15 is 0 Å². The molecule has 0 spiro atoms. The van der Waals surface area contributed by atoms with E-state index in [1.807, 2.05) is 4.98 Å². The number of fused-ring (bicyclic) bond motifs is 1. The van der Waals surface area contributed by atoms with Crippen LogP contribution in [0.5, 0.6) is 0 Å². The smallest absolute Gasteiger partial charge is 0.327 e. The third-order valence-corrected chi connectivity index (χ3v) is 1.68.